The van der Waals surface area contributed by atoms with Crippen LogP contribution in [0.1, 0.15) is 20.3 Å². The summed E-state index contributed by atoms with van der Waals surface area (Å²) in [6.45, 7) is 3.98. The van der Waals surface area contributed by atoms with Crippen LogP contribution in [0.2, 0.25) is 0 Å². The van der Waals surface area contributed by atoms with Gasteiger partial charge in [-0.15, -0.1) is 0 Å². The Kier molecular flexibility index (Phi) is 5.16. The van der Waals surface area contributed by atoms with Gasteiger partial charge in [-0.1, -0.05) is 67.6 Å². The largest absolute Gasteiger partial charge is 0.496 e. The summed E-state index contributed by atoms with van der Waals surface area (Å²) in [5.41, 5.74) is 1.11. The highest BCUT2D eigenvalue weighted by Crippen LogP contribution is 2.45. The molecule has 1 unspecified atom stereocenters. The van der Waals surface area contributed by atoms with Crippen LogP contribution in [0, 0.1) is 0 Å². The van der Waals surface area contributed by atoms with Crippen molar-refractivity contribution in [1.29, 1.82) is 0 Å². The summed E-state index contributed by atoms with van der Waals surface area (Å²) in [7, 11) is 1.70. The molecule has 0 aliphatic heterocycles. The fourth-order valence-electron chi connectivity index (χ4n) is 3.64. The van der Waals surface area contributed by atoms with Crippen molar-refractivity contribution in [1.82, 2.24) is 0 Å². The molecule has 29 heavy (non-hydrogen) atoms. The Labute approximate surface area is 171 Å². The van der Waals surface area contributed by atoms with E-state index in [9.17, 15) is 5.11 Å². The zero-order valence-electron chi connectivity index (χ0n) is 17.1. The smallest absolute Gasteiger partial charge is 0.128 e. The number of methoxy groups -OCH3 is 1. The first-order chi connectivity index (χ1) is 14.0. The molecule has 3 heteroatoms. The Balaban J connectivity index is 2.02. The third-order valence-electron chi connectivity index (χ3n) is 5.55. The van der Waals surface area contributed by atoms with E-state index in [0.29, 0.717) is 6.42 Å². The van der Waals surface area contributed by atoms with E-state index in [4.69, 9.17) is 9.47 Å². The molecule has 0 radical (unpaired) electrons. The van der Waals surface area contributed by atoms with Crippen molar-refractivity contribution in [2.45, 2.75) is 25.9 Å². The van der Waals surface area contributed by atoms with Crippen LogP contribution in [0.15, 0.2) is 72.8 Å². The fraction of sp³-hybridized carbons (Fsp3) is 0.231. The quantitative estimate of drug-likeness (QED) is 0.428. The number of ether oxygens (including phenoxy) is 2. The van der Waals surface area contributed by atoms with E-state index < -0.39 is 5.60 Å². The lowest BCUT2D eigenvalue weighted by atomic mass is 9.92. The van der Waals surface area contributed by atoms with Crippen molar-refractivity contribution in [3.63, 3.8) is 0 Å². The molecule has 1 atom stereocenters. The Morgan fingerprint density at radius 1 is 0.759 bits per heavy atom. The van der Waals surface area contributed by atoms with Gasteiger partial charge in [0.2, 0.25) is 0 Å². The second kappa shape index (κ2) is 7.76. The van der Waals surface area contributed by atoms with Gasteiger partial charge in [-0.2, -0.15) is 0 Å². The van der Waals surface area contributed by atoms with E-state index in [2.05, 4.69) is 36.4 Å². The van der Waals surface area contributed by atoms with Crippen LogP contribution in [0.5, 0.6) is 11.5 Å². The van der Waals surface area contributed by atoms with Crippen LogP contribution in [0.4, 0.5) is 0 Å². The summed E-state index contributed by atoms with van der Waals surface area (Å²) in [6, 6.07) is 24.7. The summed E-state index contributed by atoms with van der Waals surface area (Å²) >= 11 is 0. The molecule has 4 rings (SSSR count). The lowest BCUT2D eigenvalue weighted by Crippen LogP contribution is -2.31. The maximum absolute atomic E-state index is 10.5. The Morgan fingerprint density at radius 3 is 1.83 bits per heavy atom. The van der Waals surface area contributed by atoms with Crippen LogP contribution in [0.3, 0.4) is 0 Å². The third kappa shape index (κ3) is 3.66. The fourth-order valence-corrected chi connectivity index (χ4v) is 3.64. The first-order valence-electron chi connectivity index (χ1n) is 9.97. The maximum atomic E-state index is 10.5. The van der Waals surface area contributed by atoms with E-state index >= 15 is 0 Å². The van der Waals surface area contributed by atoms with Gasteiger partial charge in [0.15, 0.2) is 0 Å². The van der Waals surface area contributed by atoms with Crippen molar-refractivity contribution in [2.75, 3.05) is 13.7 Å². The molecule has 4 aromatic rings. The highest BCUT2D eigenvalue weighted by atomic mass is 16.5. The zero-order valence-corrected chi connectivity index (χ0v) is 17.1. The van der Waals surface area contributed by atoms with Crippen LogP contribution < -0.4 is 9.47 Å². The minimum Gasteiger partial charge on any atom is -0.496 e. The monoisotopic (exact) mass is 386 g/mol. The van der Waals surface area contributed by atoms with Crippen molar-refractivity contribution in [2.24, 2.45) is 0 Å². The minimum atomic E-state index is -0.883. The SMILES string of the molecule is CCC(C)(O)COc1ccc2ccccc2c1-c1c(OC)ccc2ccccc12. The van der Waals surface area contributed by atoms with Crippen molar-refractivity contribution in [3.05, 3.63) is 72.8 Å². The van der Waals surface area contributed by atoms with Crippen LogP contribution in [-0.2, 0) is 0 Å². The molecule has 3 nitrogen and oxygen atoms in total. The third-order valence-corrected chi connectivity index (χ3v) is 5.55. The average molecular weight is 386 g/mol. The van der Waals surface area contributed by atoms with E-state index in [-0.39, 0.29) is 6.61 Å². The molecule has 0 fully saturated rings. The van der Waals surface area contributed by atoms with Crippen LogP contribution >= 0.6 is 0 Å². The molecule has 148 valence electrons. The van der Waals surface area contributed by atoms with Gasteiger partial charge in [-0.05, 0) is 47.0 Å². The maximum Gasteiger partial charge on any atom is 0.128 e. The molecular formula is C26H26O3. The van der Waals surface area contributed by atoms with Gasteiger partial charge in [0, 0.05) is 11.1 Å². The molecule has 0 heterocycles. The van der Waals surface area contributed by atoms with Crippen molar-refractivity contribution in [3.8, 4) is 22.6 Å². The Morgan fingerprint density at radius 2 is 1.28 bits per heavy atom. The molecule has 4 aromatic carbocycles. The predicted octanol–water partition coefficient (Wildman–Crippen LogP) is 6.21. The molecule has 0 amide bonds. The number of benzene rings is 4. The standard InChI is InChI=1S/C26H26O3/c1-4-26(2,27)17-29-23-16-14-19-10-6-8-12-21(19)25(23)24-20-11-7-5-9-18(20)13-15-22(24)28-3/h5-16,27H,4,17H2,1-3H3. The summed E-state index contributed by atoms with van der Waals surface area (Å²) in [4.78, 5) is 0. The number of hydrogen-bond acceptors (Lipinski definition) is 3. The summed E-state index contributed by atoms with van der Waals surface area (Å²) in [5, 5.41) is 15.0. The molecule has 0 aromatic heterocycles. The molecule has 0 aliphatic rings. The van der Waals surface area contributed by atoms with Crippen LogP contribution in [0.25, 0.3) is 32.7 Å². The molecule has 0 saturated carbocycles. The number of fused-ring (bicyclic) bond motifs is 2. The summed E-state index contributed by atoms with van der Waals surface area (Å²) in [6.07, 6.45) is 0.619. The number of rotatable bonds is 6. The first-order valence-corrected chi connectivity index (χ1v) is 9.97. The minimum absolute atomic E-state index is 0.224. The van der Waals surface area contributed by atoms with Gasteiger partial charge in [-0.3, -0.25) is 0 Å². The van der Waals surface area contributed by atoms with Gasteiger partial charge in [0.05, 0.1) is 12.7 Å². The molecule has 0 spiro atoms. The molecule has 0 aliphatic carbocycles. The molecule has 0 saturated heterocycles. The average Bonchev–Trinajstić information content (AvgIpc) is 2.76. The number of aliphatic hydroxyl groups is 1. The molecule has 1 N–H and O–H groups in total. The van der Waals surface area contributed by atoms with Crippen LogP contribution in [-0.4, -0.2) is 24.4 Å². The Bertz CT molecular complexity index is 1160. The van der Waals surface area contributed by atoms with Crippen molar-refractivity contribution >= 4 is 21.5 Å². The summed E-state index contributed by atoms with van der Waals surface area (Å²) in [5.74, 6) is 1.54. The van der Waals surface area contributed by atoms with E-state index in [1.54, 1.807) is 14.0 Å². The van der Waals surface area contributed by atoms with Gasteiger partial charge in [0.1, 0.15) is 18.1 Å². The summed E-state index contributed by atoms with van der Waals surface area (Å²) < 4.78 is 12.0. The van der Waals surface area contributed by atoms with E-state index in [1.807, 2.05) is 43.3 Å². The topological polar surface area (TPSA) is 38.7 Å². The van der Waals surface area contributed by atoms with Crippen molar-refractivity contribution < 1.29 is 14.6 Å². The second-order valence-electron chi connectivity index (χ2n) is 7.66. The molecule has 0 bridgehead atoms. The lowest BCUT2D eigenvalue weighted by molar-refractivity contribution is 0.00869. The van der Waals surface area contributed by atoms with E-state index in [0.717, 1.165) is 44.2 Å². The first kappa shape index (κ1) is 19.3. The van der Waals surface area contributed by atoms with Gasteiger partial charge >= 0.3 is 0 Å². The Hall–Kier alpha value is -3.04. The molecular weight excluding hydrogens is 360 g/mol. The van der Waals surface area contributed by atoms with Gasteiger partial charge in [-0.25, -0.2) is 0 Å². The predicted molar refractivity (Wildman–Crippen MR) is 120 cm³/mol. The highest BCUT2D eigenvalue weighted by Gasteiger charge is 2.22. The second-order valence-corrected chi connectivity index (χ2v) is 7.66. The normalized spacial score (nSPS) is 13.4. The lowest BCUT2D eigenvalue weighted by Gasteiger charge is -2.24. The van der Waals surface area contributed by atoms with Gasteiger partial charge < -0.3 is 14.6 Å². The van der Waals surface area contributed by atoms with E-state index in [1.165, 1.54) is 0 Å². The highest BCUT2D eigenvalue weighted by molar-refractivity contribution is 6.09. The van der Waals surface area contributed by atoms with Gasteiger partial charge in [0.25, 0.3) is 0 Å². The number of hydrogen-bond donors (Lipinski definition) is 1. The zero-order chi connectivity index (χ0) is 20.4.